The van der Waals surface area contributed by atoms with Crippen molar-refractivity contribution in [3.05, 3.63) is 81.7 Å². The van der Waals surface area contributed by atoms with E-state index in [0.717, 1.165) is 28.9 Å². The Labute approximate surface area is 165 Å². The van der Waals surface area contributed by atoms with Crippen molar-refractivity contribution in [1.29, 1.82) is 0 Å². The summed E-state index contributed by atoms with van der Waals surface area (Å²) in [6.45, 7) is 0. The second-order valence-corrected chi connectivity index (χ2v) is 8.53. The number of rotatable bonds is 6. The van der Waals surface area contributed by atoms with Gasteiger partial charge in [0, 0.05) is 27.7 Å². The minimum Gasteiger partial charge on any atom is -0.360 e. The van der Waals surface area contributed by atoms with Crippen LogP contribution < -0.4 is 0 Å². The zero-order valence-electron chi connectivity index (χ0n) is 14.8. The van der Waals surface area contributed by atoms with Gasteiger partial charge in [0.25, 0.3) is 0 Å². The van der Waals surface area contributed by atoms with Crippen molar-refractivity contribution in [2.75, 3.05) is 6.26 Å². The Hall–Kier alpha value is -2.24. The summed E-state index contributed by atoms with van der Waals surface area (Å²) in [6.07, 6.45) is 5.69. The van der Waals surface area contributed by atoms with Gasteiger partial charge in [-0.3, -0.25) is 9.00 Å². The van der Waals surface area contributed by atoms with Gasteiger partial charge in [0.1, 0.15) is 0 Å². The molecule has 0 saturated heterocycles. The molecule has 27 heavy (non-hydrogen) atoms. The third-order valence-corrected chi connectivity index (χ3v) is 6.02. The van der Waals surface area contributed by atoms with Crippen LogP contribution >= 0.6 is 11.6 Å². The molecule has 0 bridgehead atoms. The predicted octanol–water partition coefficient (Wildman–Crippen LogP) is 4.76. The van der Waals surface area contributed by atoms with Gasteiger partial charge in [-0.15, -0.1) is 0 Å². The molecule has 1 atom stereocenters. The van der Waals surface area contributed by atoms with Crippen LogP contribution in [0.1, 0.15) is 51.6 Å². The Morgan fingerprint density at radius 2 is 1.96 bits per heavy atom. The molecular weight excluding hydrogens is 382 g/mol. The number of halogens is 1. The molecule has 1 saturated carbocycles. The highest BCUT2D eigenvalue weighted by Gasteiger charge is 2.33. The highest BCUT2D eigenvalue weighted by Crippen LogP contribution is 2.42. The van der Waals surface area contributed by atoms with E-state index < -0.39 is 10.8 Å². The minimum absolute atomic E-state index is 0.0880. The first kappa shape index (κ1) is 18.1. The normalized spacial score (nSPS) is 14.9. The third-order valence-electron chi connectivity index (χ3n) is 4.77. The Morgan fingerprint density at radius 1 is 1.19 bits per heavy atom. The number of nitrogens with zero attached hydrogens (tertiary/aromatic N) is 1. The van der Waals surface area contributed by atoms with E-state index in [-0.39, 0.29) is 5.78 Å². The molecular formula is C21H18ClNO3S. The highest BCUT2D eigenvalue weighted by molar-refractivity contribution is 7.84. The smallest absolute Gasteiger partial charge is 0.198 e. The van der Waals surface area contributed by atoms with Gasteiger partial charge >= 0.3 is 0 Å². The molecule has 4 rings (SSSR count). The topological polar surface area (TPSA) is 60.2 Å². The van der Waals surface area contributed by atoms with E-state index in [0.29, 0.717) is 34.2 Å². The lowest BCUT2D eigenvalue weighted by molar-refractivity contribution is 0.103. The molecule has 0 N–H and O–H groups in total. The van der Waals surface area contributed by atoms with Crippen LogP contribution in [0.2, 0.25) is 5.02 Å². The molecule has 0 aliphatic heterocycles. The van der Waals surface area contributed by atoms with Gasteiger partial charge in [0.15, 0.2) is 11.5 Å². The molecule has 1 fully saturated rings. The first-order valence-electron chi connectivity index (χ1n) is 8.73. The Morgan fingerprint density at radius 3 is 2.70 bits per heavy atom. The van der Waals surface area contributed by atoms with Crippen LogP contribution in [0.25, 0.3) is 0 Å². The fraction of sp³-hybridized carbons (Fsp3) is 0.238. The summed E-state index contributed by atoms with van der Waals surface area (Å²) in [4.78, 5) is 13.9. The standard InChI is InChI=1S/C21H18ClNO3S/c1-27(25)19-9-8-16(22)11-15(19)10-14-4-2-3-5-17(14)20(24)18-12-23-26-21(18)13-6-7-13/h2-5,8-9,11-13H,6-7,10H2,1H3. The molecule has 0 radical (unpaired) electrons. The number of benzene rings is 2. The van der Waals surface area contributed by atoms with E-state index in [1.165, 1.54) is 6.20 Å². The van der Waals surface area contributed by atoms with E-state index in [1.54, 1.807) is 18.4 Å². The summed E-state index contributed by atoms with van der Waals surface area (Å²) in [6, 6.07) is 12.8. The zero-order valence-corrected chi connectivity index (χ0v) is 16.3. The first-order chi connectivity index (χ1) is 13.0. The van der Waals surface area contributed by atoms with Crippen molar-refractivity contribution in [3.63, 3.8) is 0 Å². The molecule has 4 nitrogen and oxygen atoms in total. The largest absolute Gasteiger partial charge is 0.360 e. The molecule has 6 heteroatoms. The Bertz CT molecular complexity index is 1040. The predicted molar refractivity (Wildman–Crippen MR) is 105 cm³/mol. The molecule has 2 aromatic carbocycles. The van der Waals surface area contributed by atoms with E-state index in [4.69, 9.17) is 16.1 Å². The SMILES string of the molecule is CS(=O)c1ccc(Cl)cc1Cc1ccccc1C(=O)c1cnoc1C1CC1. The van der Waals surface area contributed by atoms with Gasteiger partial charge < -0.3 is 4.52 Å². The lowest BCUT2D eigenvalue weighted by Gasteiger charge is -2.12. The average molecular weight is 400 g/mol. The van der Waals surface area contributed by atoms with E-state index in [2.05, 4.69) is 5.16 Å². The number of carbonyl (C=O) groups excluding carboxylic acids is 1. The Balaban J connectivity index is 1.72. The summed E-state index contributed by atoms with van der Waals surface area (Å²) in [5, 5.41) is 4.42. The van der Waals surface area contributed by atoms with Gasteiger partial charge in [0.05, 0.1) is 22.6 Å². The van der Waals surface area contributed by atoms with Crippen molar-refractivity contribution in [2.45, 2.75) is 30.1 Å². The molecule has 1 unspecified atom stereocenters. The maximum absolute atomic E-state index is 13.2. The maximum atomic E-state index is 13.2. The van der Waals surface area contributed by atoms with E-state index in [9.17, 15) is 9.00 Å². The fourth-order valence-corrected chi connectivity index (χ4v) is 4.23. The van der Waals surface area contributed by atoms with E-state index >= 15 is 0 Å². The lowest BCUT2D eigenvalue weighted by Crippen LogP contribution is -2.08. The van der Waals surface area contributed by atoms with Crippen LogP contribution in [0.3, 0.4) is 0 Å². The van der Waals surface area contributed by atoms with Crippen LogP contribution in [-0.2, 0) is 17.2 Å². The molecule has 1 aromatic heterocycles. The molecule has 138 valence electrons. The maximum Gasteiger partial charge on any atom is 0.198 e. The molecule has 1 aliphatic carbocycles. The number of aromatic nitrogens is 1. The van der Waals surface area contributed by atoms with Gasteiger partial charge in [0.2, 0.25) is 0 Å². The van der Waals surface area contributed by atoms with E-state index in [1.807, 2.05) is 30.3 Å². The second kappa shape index (κ2) is 7.41. The summed E-state index contributed by atoms with van der Waals surface area (Å²) in [5.41, 5.74) is 2.86. The van der Waals surface area contributed by atoms with Crippen LogP contribution in [-0.4, -0.2) is 21.4 Å². The van der Waals surface area contributed by atoms with Gasteiger partial charge in [-0.25, -0.2) is 0 Å². The molecule has 1 heterocycles. The van der Waals surface area contributed by atoms with Crippen LogP contribution in [0.5, 0.6) is 0 Å². The number of hydrogen-bond acceptors (Lipinski definition) is 4. The van der Waals surface area contributed by atoms with Gasteiger partial charge in [-0.2, -0.15) is 0 Å². The summed E-state index contributed by atoms with van der Waals surface area (Å²) >= 11 is 6.15. The average Bonchev–Trinajstić information content (AvgIpc) is 3.38. The van der Waals surface area contributed by atoms with Gasteiger partial charge in [-0.05, 0) is 48.6 Å². The quantitative estimate of drug-likeness (QED) is 0.560. The summed E-state index contributed by atoms with van der Waals surface area (Å²) in [7, 11) is -1.14. The lowest BCUT2D eigenvalue weighted by atomic mass is 9.94. The first-order valence-corrected chi connectivity index (χ1v) is 10.7. The molecule has 0 amide bonds. The molecule has 0 spiro atoms. The minimum atomic E-state index is -1.14. The molecule has 3 aromatic rings. The van der Waals surface area contributed by atoms with Crippen molar-refractivity contribution < 1.29 is 13.5 Å². The number of hydrogen-bond donors (Lipinski definition) is 0. The van der Waals surface area contributed by atoms with Crippen LogP contribution in [0.15, 0.2) is 58.1 Å². The Kier molecular flexibility index (Phi) is 4.98. The second-order valence-electron chi connectivity index (χ2n) is 6.75. The monoisotopic (exact) mass is 399 g/mol. The number of carbonyl (C=O) groups is 1. The molecule has 1 aliphatic rings. The van der Waals surface area contributed by atoms with Crippen molar-refractivity contribution in [2.24, 2.45) is 0 Å². The van der Waals surface area contributed by atoms with Crippen LogP contribution in [0.4, 0.5) is 0 Å². The van der Waals surface area contributed by atoms with Crippen LogP contribution in [0, 0.1) is 0 Å². The zero-order chi connectivity index (χ0) is 19.0. The third kappa shape index (κ3) is 3.75. The fourth-order valence-electron chi connectivity index (χ4n) is 3.27. The van der Waals surface area contributed by atoms with Crippen molar-refractivity contribution >= 4 is 28.2 Å². The highest BCUT2D eigenvalue weighted by atomic mass is 35.5. The van der Waals surface area contributed by atoms with Crippen molar-refractivity contribution in [1.82, 2.24) is 5.16 Å². The summed E-state index contributed by atoms with van der Waals surface area (Å²) in [5.74, 6) is 0.906. The van der Waals surface area contributed by atoms with Gasteiger partial charge in [-0.1, -0.05) is 41.0 Å². The van der Waals surface area contributed by atoms with Crippen molar-refractivity contribution in [3.8, 4) is 0 Å². The summed E-state index contributed by atoms with van der Waals surface area (Å²) < 4.78 is 17.4. The number of ketones is 1.